The van der Waals surface area contributed by atoms with Gasteiger partial charge in [-0.2, -0.15) is 0 Å². The third-order valence-corrected chi connectivity index (χ3v) is 2.98. The highest BCUT2D eigenvalue weighted by molar-refractivity contribution is 9.10. The van der Waals surface area contributed by atoms with Gasteiger partial charge < -0.3 is 15.7 Å². The van der Waals surface area contributed by atoms with Crippen molar-refractivity contribution in [1.29, 1.82) is 0 Å². The number of hydrogen-bond acceptors (Lipinski definition) is 3. The van der Waals surface area contributed by atoms with Crippen LogP contribution in [0.3, 0.4) is 0 Å². The Hall–Kier alpha value is -1.21. The summed E-state index contributed by atoms with van der Waals surface area (Å²) >= 11 is 3.18. The van der Waals surface area contributed by atoms with Crippen LogP contribution in [0.25, 0.3) is 0 Å². The van der Waals surface area contributed by atoms with Crippen molar-refractivity contribution < 1.29 is 18.7 Å². The summed E-state index contributed by atoms with van der Waals surface area (Å²) in [4.78, 5) is 12.8. The number of nitrogens with zero attached hydrogens (tertiary/aromatic N) is 1. The van der Waals surface area contributed by atoms with Gasteiger partial charge in [-0.1, -0.05) is 0 Å². The van der Waals surface area contributed by atoms with Gasteiger partial charge in [0.15, 0.2) is 0 Å². The van der Waals surface area contributed by atoms with Crippen molar-refractivity contribution in [3.8, 4) is 0 Å². The van der Waals surface area contributed by atoms with E-state index in [0.29, 0.717) is 10.2 Å². The standard InChI is InChI=1S/C11H13BrF2N2O2/c12-8-2-1-7(5-9(8)15)11(18)16(3-4-17)6-10(13)14/h1-2,5,10,17H,3-4,6,15H2. The first-order valence-corrected chi connectivity index (χ1v) is 5.98. The van der Waals surface area contributed by atoms with E-state index in [1.54, 1.807) is 6.07 Å². The summed E-state index contributed by atoms with van der Waals surface area (Å²) in [6.45, 7) is -1.22. The maximum atomic E-state index is 12.3. The van der Waals surface area contributed by atoms with Crippen LogP contribution in [-0.2, 0) is 0 Å². The van der Waals surface area contributed by atoms with Crippen molar-refractivity contribution in [2.75, 3.05) is 25.4 Å². The van der Waals surface area contributed by atoms with E-state index >= 15 is 0 Å². The zero-order chi connectivity index (χ0) is 13.7. The Bertz CT molecular complexity index is 430. The number of aliphatic hydroxyl groups excluding tert-OH is 1. The van der Waals surface area contributed by atoms with E-state index in [0.717, 1.165) is 4.90 Å². The molecule has 0 spiro atoms. The molecule has 1 aromatic rings. The number of rotatable bonds is 5. The summed E-state index contributed by atoms with van der Waals surface area (Å²) in [6, 6.07) is 4.46. The van der Waals surface area contributed by atoms with E-state index in [-0.39, 0.29) is 18.7 Å². The predicted molar refractivity (Wildman–Crippen MR) is 67.5 cm³/mol. The molecule has 4 nitrogen and oxygen atoms in total. The molecule has 18 heavy (non-hydrogen) atoms. The van der Waals surface area contributed by atoms with Crippen molar-refractivity contribution in [3.05, 3.63) is 28.2 Å². The Balaban J connectivity index is 2.90. The van der Waals surface area contributed by atoms with Crippen LogP contribution in [0.15, 0.2) is 22.7 Å². The fourth-order valence-electron chi connectivity index (χ4n) is 1.42. The molecule has 7 heteroatoms. The first-order chi connectivity index (χ1) is 8.45. The van der Waals surface area contributed by atoms with E-state index in [1.807, 2.05) is 0 Å². The Morgan fingerprint density at radius 2 is 2.17 bits per heavy atom. The molecule has 0 aliphatic carbocycles. The number of hydrogen-bond donors (Lipinski definition) is 2. The second kappa shape index (κ2) is 6.65. The molecule has 0 fully saturated rings. The number of carbonyl (C=O) groups is 1. The molecule has 0 unspecified atom stereocenters. The van der Waals surface area contributed by atoms with Gasteiger partial charge in [-0.15, -0.1) is 0 Å². The van der Waals surface area contributed by atoms with Crippen molar-refractivity contribution in [3.63, 3.8) is 0 Å². The lowest BCUT2D eigenvalue weighted by Gasteiger charge is -2.21. The van der Waals surface area contributed by atoms with Crippen molar-refractivity contribution in [2.24, 2.45) is 0 Å². The van der Waals surface area contributed by atoms with Crippen LogP contribution >= 0.6 is 15.9 Å². The largest absolute Gasteiger partial charge is 0.398 e. The third-order valence-electron chi connectivity index (χ3n) is 2.26. The maximum absolute atomic E-state index is 12.3. The molecular formula is C11H13BrF2N2O2. The zero-order valence-corrected chi connectivity index (χ0v) is 11.0. The summed E-state index contributed by atoms with van der Waals surface area (Å²) in [6.07, 6.45) is -2.65. The number of anilines is 1. The van der Waals surface area contributed by atoms with Gasteiger partial charge in [0.2, 0.25) is 0 Å². The predicted octanol–water partition coefficient (Wildman–Crippen LogP) is 1.73. The van der Waals surface area contributed by atoms with E-state index in [1.165, 1.54) is 12.1 Å². The lowest BCUT2D eigenvalue weighted by atomic mass is 10.1. The molecule has 100 valence electrons. The normalized spacial score (nSPS) is 10.7. The van der Waals surface area contributed by atoms with Crippen LogP contribution in [0.5, 0.6) is 0 Å². The SMILES string of the molecule is Nc1cc(C(=O)N(CCO)CC(F)F)ccc1Br. The van der Waals surface area contributed by atoms with Gasteiger partial charge in [0.1, 0.15) is 0 Å². The van der Waals surface area contributed by atoms with Crippen LogP contribution in [0.2, 0.25) is 0 Å². The van der Waals surface area contributed by atoms with E-state index in [9.17, 15) is 13.6 Å². The Labute approximate surface area is 112 Å². The number of alkyl halides is 2. The second-order valence-electron chi connectivity index (χ2n) is 3.60. The summed E-state index contributed by atoms with van der Waals surface area (Å²) in [5, 5.41) is 8.77. The average molecular weight is 323 g/mol. The summed E-state index contributed by atoms with van der Waals surface area (Å²) in [5.41, 5.74) is 6.18. The fourth-order valence-corrected chi connectivity index (χ4v) is 1.67. The minimum atomic E-state index is -2.65. The Morgan fingerprint density at radius 1 is 1.50 bits per heavy atom. The van der Waals surface area contributed by atoms with Crippen molar-refractivity contribution in [1.82, 2.24) is 4.90 Å². The molecule has 0 aliphatic rings. The molecule has 0 aromatic heterocycles. The molecule has 0 atom stereocenters. The van der Waals surface area contributed by atoms with E-state index in [2.05, 4.69) is 15.9 Å². The number of nitrogens with two attached hydrogens (primary N) is 1. The zero-order valence-electron chi connectivity index (χ0n) is 9.44. The molecule has 0 saturated carbocycles. The molecule has 0 bridgehead atoms. The number of amides is 1. The second-order valence-corrected chi connectivity index (χ2v) is 4.46. The smallest absolute Gasteiger partial charge is 0.255 e. The van der Waals surface area contributed by atoms with E-state index in [4.69, 9.17) is 10.8 Å². The van der Waals surface area contributed by atoms with Gasteiger partial charge in [0.25, 0.3) is 12.3 Å². The highest BCUT2D eigenvalue weighted by Gasteiger charge is 2.19. The number of halogens is 3. The number of nitrogen functional groups attached to an aromatic ring is 1. The minimum Gasteiger partial charge on any atom is -0.398 e. The molecule has 1 amide bonds. The van der Waals surface area contributed by atoms with Crippen LogP contribution in [0.1, 0.15) is 10.4 Å². The summed E-state index contributed by atoms with van der Waals surface area (Å²) < 4.78 is 25.3. The summed E-state index contributed by atoms with van der Waals surface area (Å²) in [7, 11) is 0. The molecule has 0 aliphatic heterocycles. The van der Waals surface area contributed by atoms with Gasteiger partial charge in [0.05, 0.1) is 13.2 Å². The van der Waals surface area contributed by atoms with Crippen LogP contribution in [0.4, 0.5) is 14.5 Å². The highest BCUT2D eigenvalue weighted by atomic mass is 79.9. The molecule has 0 heterocycles. The van der Waals surface area contributed by atoms with Crippen molar-refractivity contribution >= 4 is 27.5 Å². The van der Waals surface area contributed by atoms with Gasteiger partial charge in [0, 0.05) is 22.3 Å². The number of benzene rings is 1. The topological polar surface area (TPSA) is 66.6 Å². The molecule has 1 aromatic carbocycles. The third kappa shape index (κ3) is 3.92. The summed E-state index contributed by atoms with van der Waals surface area (Å²) in [5.74, 6) is -0.580. The van der Waals surface area contributed by atoms with Crippen LogP contribution in [-0.4, -0.2) is 42.0 Å². The van der Waals surface area contributed by atoms with Crippen molar-refractivity contribution in [2.45, 2.75) is 6.43 Å². The van der Waals surface area contributed by atoms with Gasteiger partial charge in [-0.3, -0.25) is 4.79 Å². The fraction of sp³-hybridized carbons (Fsp3) is 0.364. The Morgan fingerprint density at radius 3 is 2.67 bits per heavy atom. The highest BCUT2D eigenvalue weighted by Crippen LogP contribution is 2.21. The van der Waals surface area contributed by atoms with E-state index < -0.39 is 18.9 Å². The van der Waals surface area contributed by atoms with Gasteiger partial charge in [-0.05, 0) is 34.1 Å². The van der Waals surface area contributed by atoms with Crippen LogP contribution in [0, 0.1) is 0 Å². The molecule has 3 N–H and O–H groups in total. The molecule has 1 rings (SSSR count). The average Bonchev–Trinajstić information content (AvgIpc) is 2.31. The molecule has 0 radical (unpaired) electrons. The van der Waals surface area contributed by atoms with Gasteiger partial charge >= 0.3 is 0 Å². The first kappa shape index (κ1) is 14.8. The monoisotopic (exact) mass is 322 g/mol. The van der Waals surface area contributed by atoms with Crippen LogP contribution < -0.4 is 5.73 Å². The Kier molecular flexibility index (Phi) is 5.49. The lowest BCUT2D eigenvalue weighted by Crippen LogP contribution is -2.37. The first-order valence-electron chi connectivity index (χ1n) is 5.19. The number of carbonyl (C=O) groups excluding carboxylic acids is 1. The minimum absolute atomic E-state index is 0.140. The number of aliphatic hydroxyl groups is 1. The molecule has 0 saturated heterocycles. The molecular weight excluding hydrogens is 310 g/mol. The maximum Gasteiger partial charge on any atom is 0.255 e. The quantitative estimate of drug-likeness (QED) is 0.811. The van der Waals surface area contributed by atoms with Gasteiger partial charge in [-0.25, -0.2) is 8.78 Å². The lowest BCUT2D eigenvalue weighted by molar-refractivity contribution is 0.0509.